The van der Waals surface area contributed by atoms with Gasteiger partial charge in [-0.15, -0.1) is 11.3 Å². The molecule has 0 aliphatic heterocycles. The Bertz CT molecular complexity index is 452. The highest BCUT2D eigenvalue weighted by atomic mass is 32.1. The number of hydrogen-bond acceptors (Lipinski definition) is 4. The minimum absolute atomic E-state index is 0.231. The van der Waals surface area contributed by atoms with Crippen LogP contribution in [-0.4, -0.2) is 12.6 Å². The lowest BCUT2D eigenvalue weighted by Gasteiger charge is -2.11. The molecule has 2 N–H and O–H groups in total. The molecule has 16 heavy (non-hydrogen) atoms. The lowest BCUT2D eigenvalue weighted by molar-refractivity contribution is 0.0526. The first-order valence-corrected chi connectivity index (χ1v) is 6.63. The largest absolute Gasteiger partial charge is 0.462 e. The molecule has 0 spiro atoms. The Morgan fingerprint density at radius 3 is 3.00 bits per heavy atom. The lowest BCUT2D eigenvalue weighted by atomic mass is 9.95. The van der Waals surface area contributed by atoms with E-state index in [1.807, 2.05) is 6.92 Å². The number of fused-ring (bicyclic) bond motifs is 5. The normalized spacial score (nSPS) is 25.8. The van der Waals surface area contributed by atoms with E-state index in [0.717, 1.165) is 0 Å². The van der Waals surface area contributed by atoms with Crippen LogP contribution in [0.5, 0.6) is 0 Å². The van der Waals surface area contributed by atoms with Gasteiger partial charge in [0.25, 0.3) is 0 Å². The van der Waals surface area contributed by atoms with E-state index in [1.165, 1.54) is 29.7 Å². The molecule has 1 fully saturated rings. The van der Waals surface area contributed by atoms with E-state index in [2.05, 4.69) is 0 Å². The van der Waals surface area contributed by atoms with Gasteiger partial charge in [0.1, 0.15) is 5.00 Å². The van der Waals surface area contributed by atoms with Crippen LogP contribution in [0.2, 0.25) is 0 Å². The van der Waals surface area contributed by atoms with Gasteiger partial charge in [-0.3, -0.25) is 0 Å². The first-order chi connectivity index (χ1) is 7.72. The maximum atomic E-state index is 11.9. The number of esters is 1. The van der Waals surface area contributed by atoms with Gasteiger partial charge in [0, 0.05) is 4.88 Å². The highest BCUT2D eigenvalue weighted by Crippen LogP contribution is 2.58. The summed E-state index contributed by atoms with van der Waals surface area (Å²) in [7, 11) is 0. The van der Waals surface area contributed by atoms with Gasteiger partial charge in [0.05, 0.1) is 12.2 Å². The summed E-state index contributed by atoms with van der Waals surface area (Å²) in [6, 6.07) is 0. The first-order valence-electron chi connectivity index (χ1n) is 5.81. The van der Waals surface area contributed by atoms with Gasteiger partial charge in [-0.2, -0.15) is 0 Å². The van der Waals surface area contributed by atoms with E-state index in [9.17, 15) is 4.79 Å². The molecule has 3 rings (SSSR count). The zero-order chi connectivity index (χ0) is 11.3. The number of thiophene rings is 1. The highest BCUT2D eigenvalue weighted by molar-refractivity contribution is 7.16. The fourth-order valence-electron chi connectivity index (χ4n) is 3.08. The minimum Gasteiger partial charge on any atom is -0.462 e. The van der Waals surface area contributed by atoms with Crippen LogP contribution in [0.1, 0.15) is 58.8 Å². The standard InChI is InChI=1S/C12H15NO2S/c1-2-15-12(14)9-8-6-3-4-7(5-6)10(8)16-11(9)13/h6-7H,2-5,13H2,1H3. The fourth-order valence-corrected chi connectivity index (χ4v) is 4.38. The van der Waals surface area contributed by atoms with Gasteiger partial charge in [-0.05, 0) is 43.6 Å². The zero-order valence-corrected chi connectivity index (χ0v) is 10.1. The topological polar surface area (TPSA) is 52.3 Å². The molecular formula is C12H15NO2S. The summed E-state index contributed by atoms with van der Waals surface area (Å²) in [4.78, 5) is 13.2. The van der Waals surface area contributed by atoms with E-state index in [4.69, 9.17) is 10.5 Å². The van der Waals surface area contributed by atoms with Crippen molar-refractivity contribution < 1.29 is 9.53 Å². The molecule has 1 saturated carbocycles. The molecule has 2 aliphatic carbocycles. The summed E-state index contributed by atoms with van der Waals surface area (Å²) in [5, 5.41) is 0.653. The molecule has 86 valence electrons. The maximum absolute atomic E-state index is 11.9. The molecule has 2 atom stereocenters. The van der Waals surface area contributed by atoms with Crippen LogP contribution in [0, 0.1) is 0 Å². The summed E-state index contributed by atoms with van der Waals surface area (Å²) in [5.41, 5.74) is 7.85. The van der Waals surface area contributed by atoms with Gasteiger partial charge in [-0.1, -0.05) is 0 Å². The first kappa shape index (κ1) is 10.1. The Balaban J connectivity index is 2.06. The molecule has 0 amide bonds. The Kier molecular flexibility index (Phi) is 2.21. The van der Waals surface area contributed by atoms with E-state index in [-0.39, 0.29) is 5.97 Å². The fraction of sp³-hybridized carbons (Fsp3) is 0.583. The third-order valence-corrected chi connectivity index (χ3v) is 4.89. The number of ether oxygens (including phenoxy) is 1. The lowest BCUT2D eigenvalue weighted by Crippen LogP contribution is -2.10. The summed E-state index contributed by atoms with van der Waals surface area (Å²) < 4.78 is 5.09. The van der Waals surface area contributed by atoms with Crippen LogP contribution in [0.3, 0.4) is 0 Å². The second-order valence-electron chi connectivity index (χ2n) is 4.55. The van der Waals surface area contributed by atoms with Crippen molar-refractivity contribution in [2.45, 2.75) is 38.0 Å². The Morgan fingerprint density at radius 2 is 2.25 bits per heavy atom. The summed E-state index contributed by atoms with van der Waals surface area (Å²) in [6.07, 6.45) is 3.69. The van der Waals surface area contributed by atoms with Crippen LogP contribution >= 0.6 is 11.3 Å². The van der Waals surface area contributed by atoms with E-state index in [1.54, 1.807) is 11.3 Å². The molecule has 0 radical (unpaired) electrons. The van der Waals surface area contributed by atoms with Gasteiger partial charge < -0.3 is 10.5 Å². The molecule has 0 saturated heterocycles. The van der Waals surface area contributed by atoms with Crippen LogP contribution in [0.4, 0.5) is 5.00 Å². The number of nitrogens with two attached hydrogens (primary N) is 1. The van der Waals surface area contributed by atoms with Gasteiger partial charge in [-0.25, -0.2) is 4.79 Å². The maximum Gasteiger partial charge on any atom is 0.341 e. The predicted molar refractivity (Wildman–Crippen MR) is 64.0 cm³/mol. The Labute approximate surface area is 98.6 Å². The van der Waals surface area contributed by atoms with Crippen molar-refractivity contribution in [3.8, 4) is 0 Å². The number of carbonyl (C=O) groups excluding carboxylic acids is 1. The zero-order valence-electron chi connectivity index (χ0n) is 9.29. The Hall–Kier alpha value is -1.03. The van der Waals surface area contributed by atoms with Crippen LogP contribution in [0.15, 0.2) is 0 Å². The van der Waals surface area contributed by atoms with E-state index < -0.39 is 0 Å². The quantitative estimate of drug-likeness (QED) is 0.805. The van der Waals surface area contributed by atoms with Crippen molar-refractivity contribution in [2.24, 2.45) is 0 Å². The van der Waals surface area contributed by atoms with Gasteiger partial charge in [0.15, 0.2) is 0 Å². The predicted octanol–water partition coefficient (Wildman–Crippen LogP) is 2.87. The van der Waals surface area contributed by atoms with Gasteiger partial charge >= 0.3 is 5.97 Å². The molecule has 4 heteroatoms. The number of rotatable bonds is 2. The molecule has 2 unspecified atom stereocenters. The monoisotopic (exact) mass is 237 g/mol. The minimum atomic E-state index is -0.231. The van der Waals surface area contributed by atoms with Crippen LogP contribution in [0.25, 0.3) is 0 Å². The summed E-state index contributed by atoms with van der Waals surface area (Å²) in [6.45, 7) is 2.24. The van der Waals surface area contributed by atoms with Crippen molar-refractivity contribution in [1.29, 1.82) is 0 Å². The SMILES string of the molecule is CCOC(=O)c1c(N)sc2c1C1CCC2C1. The van der Waals surface area contributed by atoms with E-state index in [0.29, 0.717) is 29.0 Å². The third-order valence-electron chi connectivity index (χ3n) is 3.69. The molecule has 1 aromatic rings. The van der Waals surface area contributed by atoms with Crippen LogP contribution < -0.4 is 5.73 Å². The molecular weight excluding hydrogens is 222 g/mol. The van der Waals surface area contributed by atoms with Crippen LogP contribution in [-0.2, 0) is 4.74 Å². The van der Waals surface area contributed by atoms with Crippen molar-refractivity contribution in [1.82, 2.24) is 0 Å². The average molecular weight is 237 g/mol. The Morgan fingerprint density at radius 1 is 1.50 bits per heavy atom. The second-order valence-corrected chi connectivity index (χ2v) is 5.63. The summed E-state index contributed by atoms with van der Waals surface area (Å²) in [5.74, 6) is 0.994. The van der Waals surface area contributed by atoms with Crippen molar-refractivity contribution in [3.63, 3.8) is 0 Å². The molecule has 0 aromatic carbocycles. The molecule has 3 nitrogen and oxygen atoms in total. The second kappa shape index (κ2) is 3.48. The molecule has 1 aromatic heterocycles. The number of anilines is 1. The molecule has 2 aliphatic rings. The van der Waals surface area contributed by atoms with Crippen molar-refractivity contribution in [2.75, 3.05) is 12.3 Å². The smallest absolute Gasteiger partial charge is 0.341 e. The summed E-state index contributed by atoms with van der Waals surface area (Å²) >= 11 is 1.60. The van der Waals surface area contributed by atoms with Crippen molar-refractivity contribution in [3.05, 3.63) is 16.0 Å². The molecule has 2 bridgehead atoms. The average Bonchev–Trinajstić information content (AvgIpc) is 2.87. The molecule has 1 heterocycles. The highest BCUT2D eigenvalue weighted by Gasteiger charge is 2.42. The van der Waals surface area contributed by atoms with Gasteiger partial charge in [0.2, 0.25) is 0 Å². The number of nitrogen functional groups attached to an aromatic ring is 1. The third kappa shape index (κ3) is 1.22. The van der Waals surface area contributed by atoms with E-state index >= 15 is 0 Å². The number of carbonyl (C=O) groups is 1. The number of hydrogen-bond donors (Lipinski definition) is 1. The van der Waals surface area contributed by atoms with Crippen molar-refractivity contribution >= 4 is 22.3 Å².